The molecule has 0 saturated heterocycles. The second-order valence-electron chi connectivity index (χ2n) is 5.82. The molecule has 1 radical (unpaired) electrons. The first kappa shape index (κ1) is 17.5. The Morgan fingerprint density at radius 3 is 1.71 bits per heavy atom. The summed E-state index contributed by atoms with van der Waals surface area (Å²) in [7, 11) is -6.66. The molecule has 7 heteroatoms. The van der Waals surface area contributed by atoms with E-state index < -0.39 is 34.5 Å². The van der Waals surface area contributed by atoms with Crippen LogP contribution in [0, 0.1) is 0 Å². The fraction of sp³-hybridized carbons (Fsp3) is 0.800. The molecular formula is C10H27O3Si4. The first-order valence-electron chi connectivity index (χ1n) is 5.92. The molecule has 0 amide bonds. The zero-order valence-corrected chi connectivity index (χ0v) is 16.5. The SMILES string of the molecule is C=C[Si](C)(C)O[Si](C)(C)O[Si](C)(C)O[Si](C)C. The molecule has 0 aromatic rings. The Morgan fingerprint density at radius 2 is 1.35 bits per heavy atom. The summed E-state index contributed by atoms with van der Waals surface area (Å²) >= 11 is 0. The van der Waals surface area contributed by atoms with E-state index in [1.807, 2.05) is 5.70 Å². The van der Waals surface area contributed by atoms with Crippen LogP contribution in [0.3, 0.4) is 0 Å². The summed E-state index contributed by atoms with van der Waals surface area (Å²) in [5.74, 6) is 0. The first-order valence-corrected chi connectivity index (χ1v) is 16.9. The molecule has 0 atom stereocenters. The van der Waals surface area contributed by atoms with Crippen LogP contribution >= 0.6 is 0 Å². The maximum Gasteiger partial charge on any atom is 0.312 e. The van der Waals surface area contributed by atoms with Crippen LogP contribution in [-0.4, -0.2) is 34.5 Å². The fourth-order valence-corrected chi connectivity index (χ4v) is 17.0. The molecule has 0 spiro atoms. The van der Waals surface area contributed by atoms with Crippen molar-refractivity contribution in [1.29, 1.82) is 0 Å². The van der Waals surface area contributed by atoms with Gasteiger partial charge in [0.25, 0.3) is 0 Å². The second kappa shape index (κ2) is 6.09. The van der Waals surface area contributed by atoms with E-state index in [9.17, 15) is 0 Å². The summed E-state index contributed by atoms with van der Waals surface area (Å²) in [6.07, 6.45) is 0. The van der Waals surface area contributed by atoms with E-state index in [1.165, 1.54) is 0 Å². The van der Waals surface area contributed by atoms with E-state index in [2.05, 4.69) is 59.0 Å². The number of hydrogen-bond acceptors (Lipinski definition) is 3. The van der Waals surface area contributed by atoms with Gasteiger partial charge in [0, 0.05) is 0 Å². The Kier molecular flexibility index (Phi) is 6.26. The monoisotopic (exact) mass is 307 g/mol. The molecule has 0 unspecified atom stereocenters. The van der Waals surface area contributed by atoms with Crippen molar-refractivity contribution in [2.45, 2.75) is 52.4 Å². The average Bonchev–Trinajstić information content (AvgIpc) is 1.96. The molecule has 17 heavy (non-hydrogen) atoms. The van der Waals surface area contributed by atoms with Gasteiger partial charge in [-0.25, -0.2) is 0 Å². The van der Waals surface area contributed by atoms with E-state index in [0.717, 1.165) is 0 Å². The predicted octanol–water partition coefficient (Wildman–Crippen LogP) is 3.62. The van der Waals surface area contributed by atoms with Gasteiger partial charge in [0.05, 0.1) is 0 Å². The molecule has 0 fully saturated rings. The van der Waals surface area contributed by atoms with Gasteiger partial charge in [0.2, 0.25) is 0 Å². The Balaban J connectivity index is 4.58. The van der Waals surface area contributed by atoms with Crippen LogP contribution < -0.4 is 0 Å². The van der Waals surface area contributed by atoms with Crippen molar-refractivity contribution in [3.05, 3.63) is 12.3 Å². The van der Waals surface area contributed by atoms with Crippen molar-refractivity contribution < 1.29 is 12.3 Å². The summed E-state index contributed by atoms with van der Waals surface area (Å²) in [5, 5.41) is 0. The topological polar surface area (TPSA) is 27.7 Å². The summed E-state index contributed by atoms with van der Waals surface area (Å²) in [4.78, 5) is 0. The molecular weight excluding hydrogens is 280 g/mol. The largest absolute Gasteiger partial charge is 0.437 e. The lowest BCUT2D eigenvalue weighted by atomic mass is 11.3. The Labute approximate surface area is 112 Å². The van der Waals surface area contributed by atoms with Crippen LogP contribution in [0.4, 0.5) is 0 Å². The Hall–Kier alpha value is 0.488. The zero-order valence-electron chi connectivity index (χ0n) is 12.5. The summed E-state index contributed by atoms with van der Waals surface area (Å²) in [6, 6.07) is 0. The Morgan fingerprint density at radius 1 is 0.882 bits per heavy atom. The van der Waals surface area contributed by atoms with Crippen LogP contribution in [0.15, 0.2) is 12.3 Å². The van der Waals surface area contributed by atoms with Crippen LogP contribution in [0.2, 0.25) is 52.4 Å². The third-order valence-corrected chi connectivity index (χ3v) is 14.5. The minimum atomic E-state index is -2.12. The van der Waals surface area contributed by atoms with Crippen molar-refractivity contribution in [1.82, 2.24) is 0 Å². The van der Waals surface area contributed by atoms with Gasteiger partial charge >= 0.3 is 17.1 Å². The minimum absolute atomic E-state index is 0.717. The standard InChI is InChI=1S/C10H27O3Si4/c1-10-15(4,5)12-17(8,9)13-16(6,7)11-14(2)3/h10H,1H2,2-9H3. The van der Waals surface area contributed by atoms with Crippen LogP contribution in [0.1, 0.15) is 0 Å². The quantitative estimate of drug-likeness (QED) is 0.672. The van der Waals surface area contributed by atoms with Gasteiger partial charge in [-0.3, -0.25) is 0 Å². The van der Waals surface area contributed by atoms with E-state index >= 15 is 0 Å². The van der Waals surface area contributed by atoms with E-state index in [0.29, 0.717) is 0 Å². The molecule has 0 aromatic carbocycles. The third-order valence-electron chi connectivity index (χ3n) is 1.94. The smallest absolute Gasteiger partial charge is 0.312 e. The van der Waals surface area contributed by atoms with E-state index in [-0.39, 0.29) is 0 Å². The molecule has 3 nitrogen and oxygen atoms in total. The molecule has 0 heterocycles. The number of hydrogen-bond donors (Lipinski definition) is 0. The van der Waals surface area contributed by atoms with Gasteiger partial charge in [0.1, 0.15) is 0 Å². The first-order chi connectivity index (χ1) is 7.39. The van der Waals surface area contributed by atoms with E-state index in [1.54, 1.807) is 0 Å². The maximum absolute atomic E-state index is 6.22. The fourth-order valence-electron chi connectivity index (χ4n) is 1.80. The lowest BCUT2D eigenvalue weighted by Gasteiger charge is -2.37. The van der Waals surface area contributed by atoms with Crippen molar-refractivity contribution >= 4 is 34.5 Å². The van der Waals surface area contributed by atoms with Gasteiger partial charge in [-0.15, -0.1) is 6.58 Å². The van der Waals surface area contributed by atoms with Crippen molar-refractivity contribution in [2.24, 2.45) is 0 Å². The lowest BCUT2D eigenvalue weighted by molar-refractivity contribution is 0.336. The molecule has 0 aliphatic heterocycles. The van der Waals surface area contributed by atoms with Gasteiger partial charge in [-0.1, -0.05) is 5.70 Å². The molecule has 101 valence electrons. The van der Waals surface area contributed by atoms with Crippen molar-refractivity contribution in [3.8, 4) is 0 Å². The summed E-state index contributed by atoms with van der Waals surface area (Å²) < 4.78 is 18.4. The van der Waals surface area contributed by atoms with Crippen LogP contribution in [0.25, 0.3) is 0 Å². The van der Waals surface area contributed by atoms with Crippen molar-refractivity contribution in [2.75, 3.05) is 0 Å². The summed E-state index contributed by atoms with van der Waals surface area (Å²) in [5.41, 5.74) is 1.95. The lowest BCUT2D eigenvalue weighted by Crippen LogP contribution is -2.54. The minimum Gasteiger partial charge on any atom is -0.437 e. The average molecular weight is 308 g/mol. The third kappa shape index (κ3) is 8.24. The molecule has 0 aliphatic rings. The molecule has 0 aliphatic carbocycles. The highest BCUT2D eigenvalue weighted by Crippen LogP contribution is 2.21. The second-order valence-corrected chi connectivity index (χ2v) is 19.3. The molecule has 0 aromatic heterocycles. The molecule has 0 bridgehead atoms. The van der Waals surface area contributed by atoms with Gasteiger partial charge in [-0.05, 0) is 52.4 Å². The molecule has 0 rings (SSSR count). The zero-order chi connectivity index (χ0) is 13.9. The van der Waals surface area contributed by atoms with Gasteiger partial charge in [-0.2, -0.15) is 0 Å². The van der Waals surface area contributed by atoms with Gasteiger partial charge < -0.3 is 12.3 Å². The normalized spacial score (nSPS) is 14.2. The summed E-state index contributed by atoms with van der Waals surface area (Å²) in [6.45, 7) is 20.8. The highest BCUT2D eigenvalue weighted by molar-refractivity contribution is 6.89. The highest BCUT2D eigenvalue weighted by atomic mass is 28.5. The highest BCUT2D eigenvalue weighted by Gasteiger charge is 2.40. The number of rotatable bonds is 7. The predicted molar refractivity (Wildman–Crippen MR) is 83.4 cm³/mol. The Bertz CT molecular complexity index is 264. The maximum atomic E-state index is 6.22. The molecule has 0 saturated carbocycles. The van der Waals surface area contributed by atoms with Crippen LogP contribution in [-0.2, 0) is 12.3 Å². The van der Waals surface area contributed by atoms with Crippen LogP contribution in [0.5, 0.6) is 0 Å². The van der Waals surface area contributed by atoms with Crippen molar-refractivity contribution in [3.63, 3.8) is 0 Å². The van der Waals surface area contributed by atoms with E-state index in [4.69, 9.17) is 12.3 Å². The van der Waals surface area contributed by atoms with Gasteiger partial charge in [0.15, 0.2) is 17.4 Å². The molecule has 0 N–H and O–H groups in total.